The molecule has 138 valence electrons. The zero-order chi connectivity index (χ0) is 19.4. The third-order valence-corrected chi connectivity index (χ3v) is 4.77. The molecular weight excluding hydrogens is 387 g/mol. The van der Waals surface area contributed by atoms with Gasteiger partial charge in [0, 0.05) is 11.1 Å². The summed E-state index contributed by atoms with van der Waals surface area (Å²) in [7, 11) is 1.56. The van der Waals surface area contributed by atoms with Crippen LogP contribution in [0, 0.1) is 0 Å². The summed E-state index contributed by atoms with van der Waals surface area (Å²) in [5.41, 5.74) is 1.05. The molecule has 5 nitrogen and oxygen atoms in total. The average molecular weight is 404 g/mol. The van der Waals surface area contributed by atoms with E-state index >= 15 is 0 Å². The number of imidazole rings is 1. The Hall–Kier alpha value is -2.63. The summed E-state index contributed by atoms with van der Waals surface area (Å²) in [5.74, 6) is 0.485. The third kappa shape index (κ3) is 4.76. The molecule has 0 aliphatic heterocycles. The molecule has 0 unspecified atom stereocenters. The molecule has 0 fully saturated rings. The van der Waals surface area contributed by atoms with Crippen LogP contribution >= 0.6 is 23.2 Å². The molecule has 0 saturated carbocycles. The summed E-state index contributed by atoms with van der Waals surface area (Å²) in [6.07, 6.45) is 5.21. The lowest BCUT2D eigenvalue weighted by Gasteiger charge is -2.02. The van der Waals surface area contributed by atoms with E-state index in [0.717, 1.165) is 0 Å². The van der Waals surface area contributed by atoms with Gasteiger partial charge in [-0.05, 0) is 30.3 Å². The topological polar surface area (TPSA) is 52.2 Å². The fourth-order valence-corrected chi connectivity index (χ4v) is 2.90. The Balaban J connectivity index is 1.66. The van der Waals surface area contributed by atoms with Gasteiger partial charge in [0.15, 0.2) is 13.1 Å². The van der Waals surface area contributed by atoms with Crippen molar-refractivity contribution < 1.29 is 18.9 Å². The van der Waals surface area contributed by atoms with Crippen LogP contribution in [0.5, 0.6) is 5.75 Å². The van der Waals surface area contributed by atoms with Crippen molar-refractivity contribution in [2.45, 2.75) is 13.1 Å². The smallest absolute Gasteiger partial charge is 0.244 e. The molecule has 3 aromatic rings. The van der Waals surface area contributed by atoms with Gasteiger partial charge in [0.2, 0.25) is 17.9 Å². The van der Waals surface area contributed by atoms with E-state index in [4.69, 9.17) is 27.9 Å². The van der Waals surface area contributed by atoms with Gasteiger partial charge in [-0.15, -0.1) is 0 Å². The van der Waals surface area contributed by atoms with Crippen LogP contribution in [0.15, 0.2) is 61.2 Å². The first kappa shape index (κ1) is 19.1. The number of aromatic nitrogens is 2. The second-order valence-electron chi connectivity index (χ2n) is 5.97. The average Bonchev–Trinajstić information content (AvgIpc) is 3.10. The fourth-order valence-electron chi connectivity index (χ4n) is 2.61. The number of methoxy groups -OCH3 is 1. The lowest BCUT2D eigenvalue weighted by Crippen LogP contribution is -2.36. The summed E-state index contributed by atoms with van der Waals surface area (Å²) >= 11 is 11.8. The number of Topliss-reactive ketones (excluding diaryl/α,β-unsaturated/α-hetero) is 2. The second-order valence-corrected chi connectivity index (χ2v) is 6.78. The van der Waals surface area contributed by atoms with Gasteiger partial charge >= 0.3 is 0 Å². The van der Waals surface area contributed by atoms with Gasteiger partial charge in [-0.1, -0.05) is 35.3 Å². The summed E-state index contributed by atoms with van der Waals surface area (Å²) in [5, 5.41) is 0.747. The number of ether oxygens (including phenoxy) is 1. The number of carbonyl (C=O) groups is 2. The van der Waals surface area contributed by atoms with E-state index in [2.05, 4.69) is 0 Å². The first-order chi connectivity index (χ1) is 13.0. The van der Waals surface area contributed by atoms with Crippen LogP contribution in [-0.2, 0) is 13.1 Å². The van der Waals surface area contributed by atoms with Crippen molar-refractivity contribution in [3.05, 3.63) is 82.4 Å². The number of hydrogen-bond donors (Lipinski definition) is 0. The molecule has 0 saturated heterocycles. The quantitative estimate of drug-likeness (QED) is 0.444. The van der Waals surface area contributed by atoms with E-state index in [1.807, 2.05) is 0 Å². The van der Waals surface area contributed by atoms with Gasteiger partial charge in [0.25, 0.3) is 0 Å². The summed E-state index contributed by atoms with van der Waals surface area (Å²) in [6.45, 7) is 0.305. The summed E-state index contributed by atoms with van der Waals surface area (Å²) in [6, 6.07) is 11.8. The molecule has 3 rings (SSSR count). The molecule has 0 radical (unpaired) electrons. The highest BCUT2D eigenvalue weighted by atomic mass is 35.5. The fraction of sp³-hybridized carbons (Fsp3) is 0.150. The molecule has 0 amide bonds. The largest absolute Gasteiger partial charge is 0.497 e. The van der Waals surface area contributed by atoms with E-state index in [9.17, 15) is 9.59 Å². The zero-order valence-corrected chi connectivity index (χ0v) is 16.1. The third-order valence-electron chi connectivity index (χ3n) is 4.03. The maximum absolute atomic E-state index is 12.4. The maximum Gasteiger partial charge on any atom is 0.244 e. The van der Waals surface area contributed by atoms with Gasteiger partial charge in [-0.3, -0.25) is 9.59 Å². The van der Waals surface area contributed by atoms with Crippen molar-refractivity contribution in [3.8, 4) is 5.75 Å². The number of carbonyl (C=O) groups excluding carboxylic acids is 2. The number of nitrogens with zero attached hydrogens (tertiary/aromatic N) is 2. The Morgan fingerprint density at radius 1 is 1.04 bits per heavy atom. The van der Waals surface area contributed by atoms with Gasteiger partial charge < -0.3 is 4.74 Å². The molecule has 0 N–H and O–H groups in total. The molecule has 0 aliphatic rings. The lowest BCUT2D eigenvalue weighted by molar-refractivity contribution is -0.682. The molecule has 0 spiro atoms. The maximum atomic E-state index is 12.4. The van der Waals surface area contributed by atoms with Crippen molar-refractivity contribution in [1.82, 2.24) is 4.57 Å². The summed E-state index contributed by atoms with van der Waals surface area (Å²) in [4.78, 5) is 24.8. The normalized spacial score (nSPS) is 10.6. The van der Waals surface area contributed by atoms with Crippen LogP contribution in [0.4, 0.5) is 0 Å². The molecule has 0 atom stereocenters. The van der Waals surface area contributed by atoms with Gasteiger partial charge in [-0.25, -0.2) is 9.13 Å². The van der Waals surface area contributed by atoms with Gasteiger partial charge in [0.05, 0.1) is 17.2 Å². The predicted molar refractivity (Wildman–Crippen MR) is 103 cm³/mol. The first-order valence-corrected chi connectivity index (χ1v) is 8.92. The van der Waals surface area contributed by atoms with E-state index in [0.29, 0.717) is 26.9 Å². The van der Waals surface area contributed by atoms with Crippen molar-refractivity contribution >= 4 is 34.8 Å². The Kier molecular flexibility index (Phi) is 5.94. The standard InChI is InChI=1S/C20H17Cl2N2O3/c1-27-16-4-2-3-14(9-16)19(25)11-23-7-8-24(13-23)12-20(26)15-5-6-17(21)18(22)10-15/h2-10,13H,11-12H2,1H3/q+1. The lowest BCUT2D eigenvalue weighted by atomic mass is 10.1. The van der Waals surface area contributed by atoms with Crippen LogP contribution in [0.3, 0.4) is 0 Å². The number of halogens is 2. The minimum atomic E-state index is -0.101. The molecular formula is C20H17Cl2N2O3+. The van der Waals surface area contributed by atoms with E-state index < -0.39 is 0 Å². The highest BCUT2D eigenvalue weighted by Gasteiger charge is 2.15. The van der Waals surface area contributed by atoms with E-state index in [1.165, 1.54) is 0 Å². The minimum absolute atomic E-state index is 0.0486. The Bertz CT molecular complexity index is 998. The SMILES string of the molecule is COc1cccc(C(=O)Cn2cc[n+](CC(=O)c3ccc(Cl)c(Cl)c3)c2)c1. The monoisotopic (exact) mass is 403 g/mol. The van der Waals surface area contributed by atoms with Crippen LogP contribution in [0.2, 0.25) is 10.0 Å². The molecule has 7 heteroatoms. The van der Waals surface area contributed by atoms with Crippen molar-refractivity contribution in [2.75, 3.05) is 7.11 Å². The van der Waals surface area contributed by atoms with Crippen LogP contribution in [-0.4, -0.2) is 23.2 Å². The highest BCUT2D eigenvalue weighted by molar-refractivity contribution is 6.42. The molecule has 1 aromatic heterocycles. The van der Waals surface area contributed by atoms with Crippen LogP contribution in [0.1, 0.15) is 20.7 Å². The van der Waals surface area contributed by atoms with E-state index in [1.54, 1.807) is 77.4 Å². The highest BCUT2D eigenvalue weighted by Crippen LogP contribution is 2.22. The summed E-state index contributed by atoms with van der Waals surface area (Å²) < 4.78 is 8.58. The van der Waals surface area contributed by atoms with Crippen molar-refractivity contribution in [3.63, 3.8) is 0 Å². The van der Waals surface area contributed by atoms with Gasteiger partial charge in [-0.2, -0.15) is 0 Å². The Labute approximate surface area is 166 Å². The van der Waals surface area contributed by atoms with Crippen LogP contribution in [0.25, 0.3) is 0 Å². The molecule has 27 heavy (non-hydrogen) atoms. The van der Waals surface area contributed by atoms with Gasteiger partial charge in [0.1, 0.15) is 18.1 Å². The number of hydrogen-bond acceptors (Lipinski definition) is 3. The molecule has 0 bridgehead atoms. The predicted octanol–water partition coefficient (Wildman–Crippen LogP) is 3.86. The van der Waals surface area contributed by atoms with Crippen molar-refractivity contribution in [1.29, 1.82) is 0 Å². The zero-order valence-electron chi connectivity index (χ0n) is 14.6. The Morgan fingerprint density at radius 3 is 2.56 bits per heavy atom. The first-order valence-electron chi connectivity index (χ1n) is 8.16. The Morgan fingerprint density at radius 2 is 1.81 bits per heavy atom. The number of benzene rings is 2. The van der Waals surface area contributed by atoms with E-state index in [-0.39, 0.29) is 24.7 Å². The molecule has 1 heterocycles. The number of rotatable bonds is 7. The molecule has 2 aromatic carbocycles. The van der Waals surface area contributed by atoms with Crippen LogP contribution < -0.4 is 9.30 Å². The van der Waals surface area contributed by atoms with Crippen molar-refractivity contribution in [2.24, 2.45) is 0 Å². The minimum Gasteiger partial charge on any atom is -0.497 e. The molecule has 0 aliphatic carbocycles. The number of ketones is 2. The second kappa shape index (κ2) is 8.37.